The molecule has 0 spiro atoms. The molecule has 3 saturated heterocycles. The van der Waals surface area contributed by atoms with E-state index in [9.17, 15) is 17.6 Å². The number of benzene rings is 1. The number of urea groups is 1. The lowest BCUT2D eigenvalue weighted by Crippen LogP contribution is -2.58. The number of ether oxygens (including phenoxy) is 1. The van der Waals surface area contributed by atoms with E-state index in [-0.39, 0.29) is 23.8 Å². The number of likely N-dealkylation sites (tertiary alicyclic amines) is 1. The highest BCUT2D eigenvalue weighted by Crippen LogP contribution is 2.26. The van der Waals surface area contributed by atoms with Gasteiger partial charge >= 0.3 is 6.03 Å². The monoisotopic (exact) mass is 539 g/mol. The minimum absolute atomic E-state index is 0.174. The predicted molar refractivity (Wildman–Crippen MR) is 141 cm³/mol. The zero-order valence-electron chi connectivity index (χ0n) is 21.9. The number of nitrogens with zero attached hydrogens (tertiary/aromatic N) is 3. The Balaban J connectivity index is 1.31. The minimum atomic E-state index is -3.33. The summed E-state index contributed by atoms with van der Waals surface area (Å²) in [6, 6.07) is 6.29. The first kappa shape index (κ1) is 28.2. The second-order valence-corrected chi connectivity index (χ2v) is 12.7. The number of nitrogens with one attached hydrogen (secondary N) is 2. The van der Waals surface area contributed by atoms with Crippen LogP contribution in [-0.4, -0.2) is 113 Å². The molecule has 2 amide bonds. The molecule has 3 atom stereocenters. The molecule has 3 heterocycles. The highest BCUT2D eigenvalue weighted by atomic mass is 32.2. The van der Waals surface area contributed by atoms with E-state index in [2.05, 4.69) is 20.4 Å². The Bertz CT molecular complexity index is 974. The van der Waals surface area contributed by atoms with Gasteiger partial charge in [-0.05, 0) is 61.8 Å². The van der Waals surface area contributed by atoms with Crippen LogP contribution in [0.3, 0.4) is 0 Å². The Kier molecular flexibility index (Phi) is 10.2. The Hall–Kier alpha value is -1.79. The lowest BCUT2D eigenvalue weighted by atomic mass is 9.88. The summed E-state index contributed by atoms with van der Waals surface area (Å²) in [6.07, 6.45) is 5.13. The third kappa shape index (κ3) is 8.88. The van der Waals surface area contributed by atoms with Crippen molar-refractivity contribution in [2.75, 3.05) is 78.4 Å². The van der Waals surface area contributed by atoms with Crippen LogP contribution < -0.4 is 10.6 Å². The lowest BCUT2D eigenvalue weighted by Gasteiger charge is -2.41. The lowest BCUT2D eigenvalue weighted by molar-refractivity contribution is 0.0387. The second-order valence-electron chi connectivity index (χ2n) is 10.7. The molecule has 9 nitrogen and oxygen atoms in total. The Morgan fingerprint density at radius 3 is 2.54 bits per heavy atom. The van der Waals surface area contributed by atoms with Gasteiger partial charge < -0.3 is 20.3 Å². The summed E-state index contributed by atoms with van der Waals surface area (Å²) in [4.78, 5) is 17.5. The number of carbonyl (C=O) groups is 1. The van der Waals surface area contributed by atoms with E-state index >= 15 is 0 Å². The van der Waals surface area contributed by atoms with Crippen LogP contribution in [0.15, 0.2) is 24.3 Å². The van der Waals surface area contributed by atoms with Gasteiger partial charge in [0, 0.05) is 58.4 Å². The summed E-state index contributed by atoms with van der Waals surface area (Å²) in [6.45, 7) is 8.06. The largest absolute Gasteiger partial charge is 0.379 e. The van der Waals surface area contributed by atoms with E-state index in [0.29, 0.717) is 32.0 Å². The van der Waals surface area contributed by atoms with E-state index in [0.717, 1.165) is 77.3 Å². The SMILES string of the molecule is CS(=O)(=O)N1CC[C@@H](CN2CCCC(Cc3ccc(F)cc3)C2)[C@@H](NC(=O)NCCN2CCOCC2)C1. The fraction of sp³-hybridized carbons (Fsp3) is 0.731. The molecule has 0 aliphatic carbocycles. The second kappa shape index (κ2) is 13.3. The third-order valence-electron chi connectivity index (χ3n) is 7.85. The summed E-state index contributed by atoms with van der Waals surface area (Å²) in [5, 5.41) is 6.05. The zero-order valence-corrected chi connectivity index (χ0v) is 22.7. The number of morpholine rings is 1. The summed E-state index contributed by atoms with van der Waals surface area (Å²) in [7, 11) is -3.33. The predicted octanol–water partition coefficient (Wildman–Crippen LogP) is 1.36. The Morgan fingerprint density at radius 2 is 1.81 bits per heavy atom. The highest BCUT2D eigenvalue weighted by Gasteiger charge is 2.35. The molecule has 0 radical (unpaired) electrons. The first-order valence-corrected chi connectivity index (χ1v) is 15.4. The van der Waals surface area contributed by atoms with Gasteiger partial charge in [-0.3, -0.25) is 4.90 Å². The molecule has 1 aromatic carbocycles. The van der Waals surface area contributed by atoms with Crippen molar-refractivity contribution in [2.24, 2.45) is 11.8 Å². The van der Waals surface area contributed by atoms with Crippen LogP contribution in [-0.2, 0) is 21.2 Å². The van der Waals surface area contributed by atoms with Crippen LogP contribution >= 0.6 is 0 Å². The van der Waals surface area contributed by atoms with Crippen molar-refractivity contribution >= 4 is 16.1 Å². The fourth-order valence-electron chi connectivity index (χ4n) is 5.79. The van der Waals surface area contributed by atoms with E-state index in [4.69, 9.17) is 4.74 Å². The molecule has 0 bridgehead atoms. The number of hydrogen-bond acceptors (Lipinski definition) is 6. The molecule has 3 aliphatic rings. The van der Waals surface area contributed by atoms with Gasteiger partial charge in [-0.25, -0.2) is 21.9 Å². The average Bonchev–Trinajstić information content (AvgIpc) is 2.87. The van der Waals surface area contributed by atoms with E-state index in [1.807, 2.05) is 12.1 Å². The maximum absolute atomic E-state index is 13.3. The van der Waals surface area contributed by atoms with E-state index in [1.165, 1.54) is 22.7 Å². The smallest absolute Gasteiger partial charge is 0.315 e. The van der Waals surface area contributed by atoms with Crippen molar-refractivity contribution in [1.82, 2.24) is 24.7 Å². The molecule has 0 saturated carbocycles. The Labute approximate surface area is 220 Å². The molecule has 3 aliphatic heterocycles. The molecule has 2 N–H and O–H groups in total. The summed E-state index contributed by atoms with van der Waals surface area (Å²) in [5.41, 5.74) is 1.16. The van der Waals surface area contributed by atoms with Crippen LogP contribution in [0.2, 0.25) is 0 Å². The van der Waals surface area contributed by atoms with Gasteiger partial charge in [-0.15, -0.1) is 0 Å². The topological polar surface area (TPSA) is 94.2 Å². The van der Waals surface area contributed by atoms with Crippen LogP contribution in [0, 0.1) is 17.7 Å². The van der Waals surface area contributed by atoms with Gasteiger partial charge in [0.1, 0.15) is 5.82 Å². The van der Waals surface area contributed by atoms with Crippen LogP contribution in [0.1, 0.15) is 24.8 Å². The van der Waals surface area contributed by atoms with Crippen molar-refractivity contribution in [3.05, 3.63) is 35.6 Å². The summed E-state index contributed by atoms with van der Waals surface area (Å²) < 4.78 is 44.6. The molecular formula is C26H42FN5O4S. The maximum atomic E-state index is 13.3. The normalized spacial score (nSPS) is 26.6. The highest BCUT2D eigenvalue weighted by molar-refractivity contribution is 7.88. The standard InChI is InChI=1S/C26H42FN5O4S/c1-37(34,35)32-11-8-23(25(20-32)29-26(33)28-9-12-30-13-15-36-16-14-30)19-31-10-2-3-22(18-31)17-21-4-6-24(27)7-5-21/h4-7,22-23,25H,2-3,8-20H2,1H3,(H2,28,29,33)/t22?,23-,25-/m0/s1. The Morgan fingerprint density at radius 1 is 1.05 bits per heavy atom. The quantitative estimate of drug-likeness (QED) is 0.492. The summed E-state index contributed by atoms with van der Waals surface area (Å²) in [5.74, 6) is 0.468. The first-order valence-electron chi connectivity index (χ1n) is 13.5. The number of sulfonamides is 1. The number of halogens is 1. The van der Waals surface area contributed by atoms with E-state index < -0.39 is 10.0 Å². The number of rotatable bonds is 9. The zero-order chi connectivity index (χ0) is 26.3. The van der Waals surface area contributed by atoms with Gasteiger partial charge in [-0.1, -0.05) is 12.1 Å². The number of piperidine rings is 2. The molecule has 1 aromatic rings. The molecule has 37 heavy (non-hydrogen) atoms. The maximum Gasteiger partial charge on any atom is 0.315 e. The molecule has 4 rings (SSSR count). The molecular weight excluding hydrogens is 497 g/mol. The van der Waals surface area contributed by atoms with Crippen LogP contribution in [0.5, 0.6) is 0 Å². The molecule has 0 aromatic heterocycles. The van der Waals surface area contributed by atoms with Gasteiger partial charge in [0.15, 0.2) is 0 Å². The van der Waals surface area contributed by atoms with Crippen LogP contribution in [0.4, 0.5) is 9.18 Å². The molecule has 3 fully saturated rings. The average molecular weight is 540 g/mol. The van der Waals surface area contributed by atoms with Crippen molar-refractivity contribution in [3.8, 4) is 0 Å². The molecule has 1 unspecified atom stereocenters. The fourth-order valence-corrected chi connectivity index (χ4v) is 6.66. The third-order valence-corrected chi connectivity index (χ3v) is 9.12. The van der Waals surface area contributed by atoms with Gasteiger partial charge in [0.2, 0.25) is 10.0 Å². The van der Waals surface area contributed by atoms with E-state index in [1.54, 1.807) is 0 Å². The minimum Gasteiger partial charge on any atom is -0.379 e. The van der Waals surface area contributed by atoms with Crippen molar-refractivity contribution < 1.29 is 22.3 Å². The van der Waals surface area contributed by atoms with Crippen LogP contribution in [0.25, 0.3) is 0 Å². The van der Waals surface area contributed by atoms with Crippen molar-refractivity contribution in [2.45, 2.75) is 31.7 Å². The molecule has 208 valence electrons. The van der Waals surface area contributed by atoms with Gasteiger partial charge in [0.25, 0.3) is 0 Å². The van der Waals surface area contributed by atoms with Gasteiger partial charge in [0.05, 0.1) is 19.5 Å². The van der Waals surface area contributed by atoms with Crippen molar-refractivity contribution in [3.63, 3.8) is 0 Å². The first-order chi connectivity index (χ1) is 17.8. The number of amides is 2. The summed E-state index contributed by atoms with van der Waals surface area (Å²) >= 11 is 0. The molecule has 11 heteroatoms. The number of hydrogen-bond donors (Lipinski definition) is 2. The van der Waals surface area contributed by atoms with Crippen molar-refractivity contribution in [1.29, 1.82) is 0 Å². The number of carbonyl (C=O) groups excluding carboxylic acids is 1. The van der Waals surface area contributed by atoms with Gasteiger partial charge in [-0.2, -0.15) is 0 Å².